The Morgan fingerprint density at radius 1 is 1.28 bits per heavy atom. The van der Waals surface area contributed by atoms with Gasteiger partial charge in [-0.25, -0.2) is 0 Å². The van der Waals surface area contributed by atoms with E-state index in [-0.39, 0.29) is 17.9 Å². The second-order valence-electron chi connectivity index (χ2n) is 8.06. The fourth-order valence-electron chi connectivity index (χ4n) is 3.89. The number of aromatic nitrogens is 2. The molecule has 6 nitrogen and oxygen atoms in total. The van der Waals surface area contributed by atoms with Crippen LogP contribution in [-0.4, -0.2) is 64.7 Å². The van der Waals surface area contributed by atoms with Crippen LogP contribution in [0.2, 0.25) is 5.02 Å². The van der Waals surface area contributed by atoms with Crippen molar-refractivity contribution < 1.29 is 9.53 Å². The largest absolute Gasteiger partial charge is 0.383 e. The van der Waals surface area contributed by atoms with Gasteiger partial charge < -0.3 is 18.8 Å². The van der Waals surface area contributed by atoms with E-state index in [0.717, 1.165) is 41.7 Å². The van der Waals surface area contributed by atoms with E-state index in [4.69, 9.17) is 28.6 Å². The lowest BCUT2D eigenvalue weighted by atomic mass is 9.95. The van der Waals surface area contributed by atoms with E-state index < -0.39 is 0 Å². The Balaban J connectivity index is 1.76. The minimum absolute atomic E-state index is 0.115. The zero-order chi connectivity index (χ0) is 21.1. The number of hydrogen-bond donors (Lipinski definition) is 0. The van der Waals surface area contributed by atoms with Crippen LogP contribution >= 0.6 is 23.8 Å². The standard InChI is InChI=1S/C21H31ClN4O2S/c1-15(2)23(3)20(27)16-7-9-24(10-8-16)14-26-19-13-17(22)5-6-18(19)25(21(26)29)11-12-28-4/h5-6,13,15-16H,7-12,14H2,1-4H3. The molecule has 1 aromatic heterocycles. The van der Waals surface area contributed by atoms with E-state index >= 15 is 0 Å². The lowest BCUT2D eigenvalue weighted by molar-refractivity contribution is -0.137. The molecule has 1 amide bonds. The number of benzene rings is 1. The molecule has 1 aliphatic rings. The molecular weight excluding hydrogens is 408 g/mol. The number of halogens is 1. The molecule has 0 saturated carbocycles. The molecule has 2 aromatic rings. The van der Waals surface area contributed by atoms with Gasteiger partial charge in [0.1, 0.15) is 0 Å². The maximum Gasteiger partial charge on any atom is 0.225 e. The summed E-state index contributed by atoms with van der Waals surface area (Å²) in [5.74, 6) is 0.378. The molecule has 3 rings (SSSR count). The summed E-state index contributed by atoms with van der Waals surface area (Å²) in [6, 6.07) is 6.13. The Morgan fingerprint density at radius 3 is 2.59 bits per heavy atom. The Kier molecular flexibility index (Phi) is 7.37. The molecule has 29 heavy (non-hydrogen) atoms. The predicted molar refractivity (Wildman–Crippen MR) is 120 cm³/mol. The minimum atomic E-state index is 0.115. The number of imidazole rings is 1. The monoisotopic (exact) mass is 438 g/mol. The van der Waals surface area contributed by atoms with E-state index in [1.165, 1.54) is 0 Å². The van der Waals surface area contributed by atoms with Crippen molar-refractivity contribution in [3.8, 4) is 0 Å². The number of carbonyl (C=O) groups excluding carboxylic acids is 1. The van der Waals surface area contributed by atoms with Gasteiger partial charge in [-0.3, -0.25) is 9.69 Å². The van der Waals surface area contributed by atoms with E-state index in [1.807, 2.05) is 30.1 Å². The lowest BCUT2D eigenvalue weighted by Crippen LogP contribution is -2.43. The molecule has 2 heterocycles. The molecule has 0 radical (unpaired) electrons. The summed E-state index contributed by atoms with van der Waals surface area (Å²) < 4.78 is 10.3. The summed E-state index contributed by atoms with van der Waals surface area (Å²) in [5, 5.41) is 0.700. The number of rotatable bonds is 7. The van der Waals surface area contributed by atoms with E-state index in [9.17, 15) is 4.79 Å². The van der Waals surface area contributed by atoms with Crippen molar-refractivity contribution in [2.24, 2.45) is 5.92 Å². The Morgan fingerprint density at radius 2 is 1.97 bits per heavy atom. The van der Waals surface area contributed by atoms with Gasteiger partial charge in [-0.15, -0.1) is 0 Å². The van der Waals surface area contributed by atoms with Gasteiger partial charge in [0.2, 0.25) is 5.91 Å². The SMILES string of the molecule is COCCn1c(=S)n(CN2CCC(C(=O)N(C)C(C)C)CC2)c2cc(Cl)ccc21. The first-order valence-electron chi connectivity index (χ1n) is 10.2. The highest BCUT2D eigenvalue weighted by atomic mass is 35.5. The minimum Gasteiger partial charge on any atom is -0.383 e. The molecule has 0 bridgehead atoms. The number of ether oxygens (including phenoxy) is 1. The molecule has 160 valence electrons. The molecule has 1 saturated heterocycles. The van der Waals surface area contributed by atoms with Gasteiger partial charge in [-0.1, -0.05) is 11.6 Å². The molecule has 8 heteroatoms. The van der Waals surface area contributed by atoms with Gasteiger partial charge in [0.05, 0.1) is 24.3 Å². The third-order valence-corrected chi connectivity index (χ3v) is 6.58. The van der Waals surface area contributed by atoms with Gasteiger partial charge in [-0.2, -0.15) is 0 Å². The zero-order valence-corrected chi connectivity index (χ0v) is 19.3. The number of methoxy groups -OCH3 is 1. The van der Waals surface area contributed by atoms with Gasteiger partial charge in [-0.05, 0) is 57.1 Å². The average Bonchev–Trinajstić information content (AvgIpc) is 2.96. The number of carbonyl (C=O) groups is 1. The van der Waals surface area contributed by atoms with Gasteiger partial charge in [0.15, 0.2) is 4.77 Å². The molecule has 0 atom stereocenters. The first kappa shape index (κ1) is 22.3. The fourth-order valence-corrected chi connectivity index (χ4v) is 4.40. The van der Waals surface area contributed by atoms with Crippen molar-refractivity contribution in [1.29, 1.82) is 0 Å². The zero-order valence-electron chi connectivity index (χ0n) is 17.7. The normalized spacial score (nSPS) is 16.1. The van der Waals surface area contributed by atoms with E-state index in [2.05, 4.69) is 27.9 Å². The van der Waals surface area contributed by atoms with Crippen molar-refractivity contribution in [2.45, 2.75) is 45.9 Å². The number of amides is 1. The van der Waals surface area contributed by atoms with Gasteiger partial charge in [0, 0.05) is 50.8 Å². The Hall–Kier alpha value is -1.41. The third kappa shape index (κ3) is 4.85. The van der Waals surface area contributed by atoms with Crippen LogP contribution in [0.5, 0.6) is 0 Å². The Labute approximate surface area is 183 Å². The van der Waals surface area contributed by atoms with Crippen LogP contribution in [0.25, 0.3) is 11.0 Å². The number of piperidine rings is 1. The highest BCUT2D eigenvalue weighted by Crippen LogP contribution is 2.25. The van der Waals surface area contributed by atoms with Gasteiger partial charge in [0.25, 0.3) is 0 Å². The highest BCUT2D eigenvalue weighted by Gasteiger charge is 2.28. The maximum atomic E-state index is 12.6. The topological polar surface area (TPSA) is 42.6 Å². The molecule has 1 aromatic carbocycles. The molecular formula is C21H31ClN4O2S. The second kappa shape index (κ2) is 9.60. The number of fused-ring (bicyclic) bond motifs is 1. The Bertz CT molecular complexity index is 915. The van der Waals surface area contributed by atoms with E-state index in [1.54, 1.807) is 7.11 Å². The quantitative estimate of drug-likeness (QED) is 0.612. The third-order valence-electron chi connectivity index (χ3n) is 5.90. The maximum absolute atomic E-state index is 12.6. The first-order chi connectivity index (χ1) is 13.8. The molecule has 0 unspecified atom stereocenters. The predicted octanol–water partition coefficient (Wildman–Crippen LogP) is 4.01. The van der Waals surface area contributed by atoms with Crippen LogP contribution in [0.15, 0.2) is 18.2 Å². The van der Waals surface area contributed by atoms with Crippen molar-refractivity contribution in [2.75, 3.05) is 33.9 Å². The van der Waals surface area contributed by atoms with Crippen molar-refractivity contribution in [3.05, 3.63) is 28.0 Å². The van der Waals surface area contributed by atoms with E-state index in [0.29, 0.717) is 24.8 Å². The van der Waals surface area contributed by atoms with Crippen molar-refractivity contribution in [3.63, 3.8) is 0 Å². The summed E-state index contributed by atoms with van der Waals surface area (Å²) in [6.07, 6.45) is 1.76. The van der Waals surface area contributed by atoms with Crippen molar-refractivity contribution >= 4 is 40.8 Å². The second-order valence-corrected chi connectivity index (χ2v) is 8.87. The van der Waals surface area contributed by atoms with Crippen LogP contribution in [0.3, 0.4) is 0 Å². The highest BCUT2D eigenvalue weighted by molar-refractivity contribution is 7.71. The summed E-state index contributed by atoms with van der Waals surface area (Å²) in [5.41, 5.74) is 2.11. The number of hydrogen-bond acceptors (Lipinski definition) is 4. The van der Waals surface area contributed by atoms with Crippen LogP contribution in [0.4, 0.5) is 0 Å². The molecule has 0 N–H and O–H groups in total. The number of likely N-dealkylation sites (tertiary alicyclic amines) is 1. The van der Waals surface area contributed by atoms with Crippen LogP contribution in [0, 0.1) is 10.7 Å². The van der Waals surface area contributed by atoms with Crippen LogP contribution < -0.4 is 0 Å². The number of nitrogens with zero attached hydrogens (tertiary/aromatic N) is 4. The fraction of sp³-hybridized carbons (Fsp3) is 0.619. The molecule has 0 spiro atoms. The summed E-state index contributed by atoms with van der Waals surface area (Å²) >= 11 is 12.1. The van der Waals surface area contributed by atoms with Gasteiger partial charge >= 0.3 is 0 Å². The summed E-state index contributed by atoms with van der Waals surface area (Å²) in [7, 11) is 3.60. The average molecular weight is 439 g/mol. The van der Waals surface area contributed by atoms with Crippen molar-refractivity contribution in [1.82, 2.24) is 18.9 Å². The van der Waals surface area contributed by atoms with Crippen LogP contribution in [-0.2, 0) is 22.7 Å². The molecule has 1 aliphatic heterocycles. The smallest absolute Gasteiger partial charge is 0.225 e. The summed E-state index contributed by atoms with van der Waals surface area (Å²) in [6.45, 7) is 7.89. The lowest BCUT2D eigenvalue weighted by Gasteiger charge is -2.34. The molecule has 0 aliphatic carbocycles. The summed E-state index contributed by atoms with van der Waals surface area (Å²) in [4.78, 5) is 16.9. The first-order valence-corrected chi connectivity index (χ1v) is 11.0. The molecule has 1 fully saturated rings. The van der Waals surface area contributed by atoms with Crippen LogP contribution in [0.1, 0.15) is 26.7 Å².